The molecule has 5 nitrogen and oxygen atoms in total. The van der Waals surface area contributed by atoms with Crippen LogP contribution in [0.15, 0.2) is 152 Å². The Morgan fingerprint density at radius 2 is 0.300 bits per heavy atom. The molecule has 5 aromatic carbocycles. The van der Waals surface area contributed by atoms with Crippen molar-refractivity contribution in [1.29, 1.82) is 0 Å². The van der Waals surface area contributed by atoms with E-state index in [0.717, 1.165) is 84.8 Å². The summed E-state index contributed by atoms with van der Waals surface area (Å²) in [6, 6.07) is 54.6. The van der Waals surface area contributed by atoms with Gasteiger partial charge in [0.05, 0.1) is 56.9 Å². The molecule has 340 valence electrons. The quantitative estimate of drug-likeness (QED) is 0.172. The summed E-state index contributed by atoms with van der Waals surface area (Å²) in [5.74, 6) is 0. The molecule has 5 heteroatoms. The zero-order valence-corrected chi connectivity index (χ0v) is 41.7. The standard InChI is InChI=1S/C65H55N5/c1-36-16-11-17-37(2)61(36)46-26-51-53-28-47(62-38(3)18-12-19-39(62)4)30-55(67-53)57-32-49(64-42(7)22-14-23-43(64)8)34-59(69-57)60-35-50(65-44(9)24-15-25-45(65)10)33-58(70-60)56-31-48(29-54(68-56)52(27-46)66-51)63-40(5)20-13-21-41(63)6/h11-35H,1-10H3. The predicted octanol–water partition coefficient (Wildman–Crippen LogP) is 16.7. The highest BCUT2D eigenvalue weighted by molar-refractivity contribution is 5.88. The lowest BCUT2D eigenvalue weighted by molar-refractivity contribution is 1.20. The fourth-order valence-electron chi connectivity index (χ4n) is 11.0. The van der Waals surface area contributed by atoms with Crippen LogP contribution in [0.3, 0.4) is 0 Å². The second-order valence-corrected chi connectivity index (χ2v) is 19.5. The van der Waals surface area contributed by atoms with Crippen molar-refractivity contribution in [3.05, 3.63) is 207 Å². The van der Waals surface area contributed by atoms with Crippen LogP contribution >= 0.6 is 0 Å². The van der Waals surface area contributed by atoms with E-state index < -0.39 is 0 Å². The second-order valence-electron chi connectivity index (χ2n) is 19.5. The van der Waals surface area contributed by atoms with Gasteiger partial charge in [-0.15, -0.1) is 0 Å². The molecule has 0 N–H and O–H groups in total. The summed E-state index contributed by atoms with van der Waals surface area (Å²) in [7, 11) is 0. The van der Waals surface area contributed by atoms with E-state index in [4.69, 9.17) is 24.9 Å². The molecular formula is C65H55N5. The first-order valence-electron chi connectivity index (χ1n) is 24.2. The van der Waals surface area contributed by atoms with Crippen molar-refractivity contribution >= 4 is 0 Å². The normalized spacial score (nSPS) is 11.6. The van der Waals surface area contributed by atoms with Gasteiger partial charge in [-0.2, -0.15) is 0 Å². The molecule has 1 aliphatic rings. The highest BCUT2D eigenvalue weighted by Crippen LogP contribution is 2.42. The summed E-state index contributed by atoms with van der Waals surface area (Å²) in [6.07, 6.45) is 0. The largest absolute Gasteiger partial charge is 0.244 e. The van der Waals surface area contributed by atoms with Gasteiger partial charge in [0.1, 0.15) is 0 Å². The summed E-state index contributed by atoms with van der Waals surface area (Å²) in [5, 5.41) is 0. The highest BCUT2D eigenvalue weighted by Gasteiger charge is 2.23. The van der Waals surface area contributed by atoms with E-state index in [-0.39, 0.29) is 0 Å². The number of pyridine rings is 5. The Hall–Kier alpha value is -8.15. The third-order valence-corrected chi connectivity index (χ3v) is 14.3. The summed E-state index contributed by atoms with van der Waals surface area (Å²) in [5.41, 5.74) is 30.5. The first-order valence-corrected chi connectivity index (χ1v) is 24.2. The van der Waals surface area contributed by atoms with Gasteiger partial charge < -0.3 is 0 Å². The zero-order valence-electron chi connectivity index (χ0n) is 41.7. The van der Waals surface area contributed by atoms with Crippen molar-refractivity contribution < 1.29 is 0 Å². The lowest BCUT2D eigenvalue weighted by Crippen LogP contribution is -2.00. The average Bonchev–Trinajstić information content (AvgIpc) is 3.33. The lowest BCUT2D eigenvalue weighted by atomic mass is 9.92. The smallest absolute Gasteiger partial charge is 0.0901 e. The van der Waals surface area contributed by atoms with Crippen molar-refractivity contribution in [2.75, 3.05) is 0 Å². The van der Waals surface area contributed by atoms with Crippen molar-refractivity contribution in [2.24, 2.45) is 0 Å². The SMILES string of the molecule is Cc1cccc(C)c1-c1cc2nc(c1)-c1cc(-c3c(C)cccc3C)cc(n1)-c1cc(-c3c(C)cccc3C)cc(n1)-c1cc(-c3c(C)cccc3C)cc(n1)-c1cc(-c3c(C)cccc3C)cc-2n1. The number of fused-ring (bicyclic) bond motifs is 15. The Bertz CT molecular complexity index is 3010. The van der Waals surface area contributed by atoms with Gasteiger partial charge in [-0.3, -0.25) is 0 Å². The van der Waals surface area contributed by atoms with Crippen molar-refractivity contribution in [3.63, 3.8) is 0 Å². The van der Waals surface area contributed by atoms with Gasteiger partial charge in [-0.25, -0.2) is 24.9 Å². The van der Waals surface area contributed by atoms with Crippen LogP contribution in [0.2, 0.25) is 0 Å². The molecule has 0 amide bonds. The molecule has 10 aromatic rings. The Balaban J connectivity index is 1.34. The number of rotatable bonds is 5. The van der Waals surface area contributed by atoms with Crippen molar-refractivity contribution in [3.8, 4) is 113 Å². The molecule has 70 heavy (non-hydrogen) atoms. The van der Waals surface area contributed by atoms with Crippen molar-refractivity contribution in [1.82, 2.24) is 24.9 Å². The number of aromatic nitrogens is 5. The topological polar surface area (TPSA) is 64.5 Å². The van der Waals surface area contributed by atoms with Crippen LogP contribution in [-0.4, -0.2) is 24.9 Å². The number of hydrogen-bond donors (Lipinski definition) is 0. The zero-order chi connectivity index (χ0) is 48.5. The van der Waals surface area contributed by atoms with Crippen molar-refractivity contribution in [2.45, 2.75) is 69.2 Å². The number of benzene rings is 5. The minimum absolute atomic E-state index is 0.752. The number of hydrogen-bond acceptors (Lipinski definition) is 5. The molecule has 0 aliphatic carbocycles. The van der Waals surface area contributed by atoms with Gasteiger partial charge in [0.2, 0.25) is 0 Å². The van der Waals surface area contributed by atoms with E-state index >= 15 is 0 Å². The molecule has 10 bridgehead atoms. The molecule has 0 radical (unpaired) electrons. The highest BCUT2D eigenvalue weighted by atomic mass is 14.9. The third-order valence-electron chi connectivity index (χ3n) is 14.3. The minimum Gasteiger partial charge on any atom is -0.244 e. The van der Waals surface area contributed by atoms with Crippen LogP contribution in [0.1, 0.15) is 55.6 Å². The minimum atomic E-state index is 0.752. The fraction of sp³-hybridized carbons (Fsp3) is 0.154. The third kappa shape index (κ3) is 7.91. The molecule has 11 rings (SSSR count). The molecule has 5 aromatic heterocycles. The Kier molecular flexibility index (Phi) is 11.0. The summed E-state index contributed by atoms with van der Waals surface area (Å²) in [6.45, 7) is 21.9. The second kappa shape index (κ2) is 17.4. The maximum Gasteiger partial charge on any atom is 0.0901 e. The summed E-state index contributed by atoms with van der Waals surface area (Å²) >= 11 is 0. The van der Waals surface area contributed by atoms with E-state index in [1.807, 2.05) is 0 Å². The maximum atomic E-state index is 5.61. The Labute approximate surface area is 412 Å². The Morgan fingerprint density at radius 3 is 0.414 bits per heavy atom. The summed E-state index contributed by atoms with van der Waals surface area (Å²) < 4.78 is 0. The van der Waals surface area contributed by atoms with Gasteiger partial charge in [0, 0.05) is 0 Å². The van der Waals surface area contributed by atoms with Crippen LogP contribution in [0.4, 0.5) is 0 Å². The predicted molar refractivity (Wildman–Crippen MR) is 291 cm³/mol. The van der Waals surface area contributed by atoms with Gasteiger partial charge in [-0.1, -0.05) is 91.0 Å². The van der Waals surface area contributed by atoms with Crippen LogP contribution in [0.25, 0.3) is 113 Å². The first kappa shape index (κ1) is 44.4. The molecule has 0 fully saturated rings. The first-order chi connectivity index (χ1) is 33.8. The summed E-state index contributed by atoms with van der Waals surface area (Å²) in [4.78, 5) is 28.0. The lowest BCUT2D eigenvalue weighted by Gasteiger charge is -2.17. The van der Waals surface area contributed by atoms with E-state index in [1.165, 1.54) is 83.5 Å². The van der Waals surface area contributed by atoms with E-state index in [9.17, 15) is 0 Å². The van der Waals surface area contributed by atoms with Crippen LogP contribution in [0, 0.1) is 69.2 Å². The molecular weight excluding hydrogens is 851 g/mol. The molecule has 1 aliphatic heterocycles. The van der Waals surface area contributed by atoms with E-state index in [1.54, 1.807) is 0 Å². The van der Waals surface area contributed by atoms with Gasteiger partial charge >= 0.3 is 0 Å². The molecule has 6 heterocycles. The van der Waals surface area contributed by atoms with Crippen LogP contribution < -0.4 is 0 Å². The van der Waals surface area contributed by atoms with E-state index in [0.29, 0.717) is 0 Å². The Morgan fingerprint density at radius 1 is 0.186 bits per heavy atom. The van der Waals surface area contributed by atoms with Crippen LogP contribution in [-0.2, 0) is 0 Å². The van der Waals surface area contributed by atoms with E-state index in [2.05, 4.69) is 221 Å². The van der Waals surface area contributed by atoms with Gasteiger partial charge in [0.15, 0.2) is 0 Å². The molecule has 0 spiro atoms. The monoisotopic (exact) mass is 905 g/mol. The molecule has 0 unspecified atom stereocenters. The fourth-order valence-corrected chi connectivity index (χ4v) is 11.0. The average molecular weight is 906 g/mol. The molecule has 0 atom stereocenters. The van der Waals surface area contributed by atoms with Gasteiger partial charge in [0.25, 0.3) is 0 Å². The molecule has 0 saturated heterocycles. The maximum absolute atomic E-state index is 5.61. The van der Waals surface area contributed by atoms with Gasteiger partial charge in [-0.05, 0) is 241 Å². The van der Waals surface area contributed by atoms with Crippen LogP contribution in [0.5, 0.6) is 0 Å². The number of aryl methyl sites for hydroxylation is 10. The number of nitrogens with zero attached hydrogens (tertiary/aromatic N) is 5. The molecule has 0 saturated carbocycles.